The van der Waals surface area contributed by atoms with Crippen molar-refractivity contribution in [1.29, 1.82) is 0 Å². The van der Waals surface area contributed by atoms with Crippen molar-refractivity contribution in [2.45, 2.75) is 0 Å². The summed E-state index contributed by atoms with van der Waals surface area (Å²) in [5, 5.41) is 1.27. The maximum atomic E-state index is 10.6. The Hall–Kier alpha value is -1.67. The number of hydrogen-bond acceptors (Lipinski definition) is 1. The standard InChI is InChI=1S/C13H12OSi/c14-9-10-6-7-12(13(15)8-10)11-4-2-1-3-5-11/h1-9H,15H3. The molecule has 0 aliphatic heterocycles. The lowest BCUT2D eigenvalue weighted by Gasteiger charge is -2.06. The molecule has 2 aromatic rings. The van der Waals surface area contributed by atoms with Crippen molar-refractivity contribution < 1.29 is 4.79 Å². The van der Waals surface area contributed by atoms with Gasteiger partial charge in [-0.3, -0.25) is 4.79 Å². The first-order chi connectivity index (χ1) is 7.31. The van der Waals surface area contributed by atoms with Gasteiger partial charge in [0.2, 0.25) is 0 Å². The van der Waals surface area contributed by atoms with Crippen molar-refractivity contribution in [2.75, 3.05) is 0 Å². The van der Waals surface area contributed by atoms with E-state index in [1.165, 1.54) is 16.3 Å². The Kier molecular flexibility index (Phi) is 2.78. The quantitative estimate of drug-likeness (QED) is 0.539. The summed E-state index contributed by atoms with van der Waals surface area (Å²) in [7, 11) is 0.955. The summed E-state index contributed by atoms with van der Waals surface area (Å²) in [6, 6.07) is 16.1. The molecule has 0 N–H and O–H groups in total. The molecule has 74 valence electrons. The molecule has 0 aliphatic carbocycles. The third-order valence-electron chi connectivity index (χ3n) is 2.47. The van der Waals surface area contributed by atoms with Gasteiger partial charge >= 0.3 is 0 Å². The monoisotopic (exact) mass is 212 g/mol. The minimum atomic E-state index is 0.764. The first kappa shape index (κ1) is 9.87. The number of aldehydes is 1. The Morgan fingerprint density at radius 3 is 2.33 bits per heavy atom. The number of benzene rings is 2. The number of carbonyl (C=O) groups excluding carboxylic acids is 1. The summed E-state index contributed by atoms with van der Waals surface area (Å²) in [6.07, 6.45) is 0.899. The Labute approximate surface area is 92.2 Å². The molecule has 15 heavy (non-hydrogen) atoms. The Balaban J connectivity index is 2.51. The van der Waals surface area contributed by atoms with E-state index in [9.17, 15) is 4.79 Å². The molecular formula is C13H12OSi. The van der Waals surface area contributed by atoms with Crippen LogP contribution in [-0.4, -0.2) is 16.5 Å². The largest absolute Gasteiger partial charge is 0.298 e. The number of rotatable bonds is 2. The smallest absolute Gasteiger partial charge is 0.150 e. The van der Waals surface area contributed by atoms with Crippen molar-refractivity contribution in [3.05, 3.63) is 54.1 Å². The lowest BCUT2D eigenvalue weighted by molar-refractivity contribution is 0.112. The van der Waals surface area contributed by atoms with Gasteiger partial charge in [-0.1, -0.05) is 53.7 Å². The highest BCUT2D eigenvalue weighted by atomic mass is 28.1. The zero-order valence-corrected chi connectivity index (χ0v) is 10.6. The Morgan fingerprint density at radius 2 is 1.73 bits per heavy atom. The summed E-state index contributed by atoms with van der Waals surface area (Å²) in [5.74, 6) is 0. The van der Waals surface area contributed by atoms with Crippen LogP contribution in [0.3, 0.4) is 0 Å². The highest BCUT2D eigenvalue weighted by molar-refractivity contribution is 6.36. The van der Waals surface area contributed by atoms with Crippen LogP contribution in [0.5, 0.6) is 0 Å². The molecule has 0 aromatic heterocycles. The first-order valence-corrected chi connectivity index (χ1v) is 5.92. The van der Waals surface area contributed by atoms with Crippen LogP contribution >= 0.6 is 0 Å². The van der Waals surface area contributed by atoms with Crippen molar-refractivity contribution in [3.63, 3.8) is 0 Å². The van der Waals surface area contributed by atoms with E-state index >= 15 is 0 Å². The van der Waals surface area contributed by atoms with Crippen LogP contribution in [0.1, 0.15) is 10.4 Å². The van der Waals surface area contributed by atoms with Crippen LogP contribution in [0.15, 0.2) is 48.5 Å². The molecule has 2 aromatic carbocycles. The highest BCUT2D eigenvalue weighted by Crippen LogP contribution is 2.16. The normalized spacial score (nSPS) is 10.1. The van der Waals surface area contributed by atoms with Crippen molar-refractivity contribution >= 4 is 21.7 Å². The molecule has 0 bridgehead atoms. The van der Waals surface area contributed by atoms with E-state index in [1.54, 1.807) is 0 Å². The fourth-order valence-corrected chi connectivity index (χ4v) is 2.49. The minimum absolute atomic E-state index is 0.764. The van der Waals surface area contributed by atoms with Gasteiger partial charge in [0.15, 0.2) is 0 Å². The molecule has 2 heteroatoms. The Morgan fingerprint density at radius 1 is 1.00 bits per heavy atom. The van der Waals surface area contributed by atoms with Crippen LogP contribution in [0.4, 0.5) is 0 Å². The van der Waals surface area contributed by atoms with E-state index in [2.05, 4.69) is 12.1 Å². The summed E-state index contributed by atoms with van der Waals surface area (Å²) in [4.78, 5) is 10.6. The molecule has 0 radical (unpaired) electrons. The fraction of sp³-hybridized carbons (Fsp3) is 0. The molecule has 2 rings (SSSR count). The Bertz CT molecular complexity index is 477. The molecule has 1 nitrogen and oxygen atoms in total. The third-order valence-corrected chi connectivity index (χ3v) is 3.30. The second-order valence-corrected chi connectivity index (χ2v) is 4.64. The van der Waals surface area contributed by atoms with Crippen molar-refractivity contribution in [3.8, 4) is 11.1 Å². The number of carbonyl (C=O) groups is 1. The lowest BCUT2D eigenvalue weighted by Crippen LogP contribution is -2.07. The van der Waals surface area contributed by atoms with Crippen LogP contribution in [-0.2, 0) is 0 Å². The zero-order valence-electron chi connectivity index (χ0n) is 8.60. The van der Waals surface area contributed by atoms with Crippen molar-refractivity contribution in [2.24, 2.45) is 0 Å². The van der Waals surface area contributed by atoms with Gasteiger partial charge in [-0.25, -0.2) is 0 Å². The van der Waals surface area contributed by atoms with E-state index in [1.807, 2.05) is 36.4 Å². The molecule has 0 saturated heterocycles. The summed E-state index contributed by atoms with van der Waals surface area (Å²) in [5.41, 5.74) is 3.23. The summed E-state index contributed by atoms with van der Waals surface area (Å²) in [6.45, 7) is 0. The van der Waals surface area contributed by atoms with Gasteiger partial charge in [0.25, 0.3) is 0 Å². The van der Waals surface area contributed by atoms with E-state index in [-0.39, 0.29) is 0 Å². The molecule has 0 amide bonds. The first-order valence-electron chi connectivity index (χ1n) is 4.92. The molecule has 0 atom stereocenters. The average Bonchev–Trinajstić information content (AvgIpc) is 2.30. The van der Waals surface area contributed by atoms with Gasteiger partial charge in [-0.05, 0) is 11.1 Å². The van der Waals surface area contributed by atoms with Crippen LogP contribution in [0.25, 0.3) is 11.1 Å². The van der Waals surface area contributed by atoms with Crippen LogP contribution in [0.2, 0.25) is 0 Å². The van der Waals surface area contributed by atoms with Gasteiger partial charge in [-0.2, -0.15) is 0 Å². The molecule has 0 saturated carbocycles. The van der Waals surface area contributed by atoms with E-state index in [4.69, 9.17) is 0 Å². The third kappa shape index (κ3) is 2.05. The predicted octanol–water partition coefficient (Wildman–Crippen LogP) is 1.16. The SMILES string of the molecule is O=Cc1ccc(-c2ccccc2)c([SiH3])c1. The lowest BCUT2D eigenvalue weighted by atomic mass is 10.0. The van der Waals surface area contributed by atoms with E-state index in [0.29, 0.717) is 0 Å². The van der Waals surface area contributed by atoms with Gasteiger partial charge in [0.05, 0.1) is 0 Å². The number of hydrogen-bond donors (Lipinski definition) is 0. The van der Waals surface area contributed by atoms with Gasteiger partial charge in [0, 0.05) is 15.8 Å². The molecule has 0 heterocycles. The molecule has 0 unspecified atom stereocenters. The van der Waals surface area contributed by atoms with Crippen LogP contribution in [0, 0.1) is 0 Å². The van der Waals surface area contributed by atoms with Gasteiger partial charge < -0.3 is 0 Å². The maximum absolute atomic E-state index is 10.6. The molecule has 0 aliphatic rings. The van der Waals surface area contributed by atoms with Crippen LogP contribution < -0.4 is 5.19 Å². The fourth-order valence-electron chi connectivity index (χ4n) is 1.70. The van der Waals surface area contributed by atoms with Crippen molar-refractivity contribution in [1.82, 2.24) is 0 Å². The average molecular weight is 212 g/mol. The second kappa shape index (κ2) is 4.23. The predicted molar refractivity (Wildman–Crippen MR) is 66.8 cm³/mol. The summed E-state index contributed by atoms with van der Waals surface area (Å²) < 4.78 is 0. The second-order valence-electron chi connectivity index (χ2n) is 3.56. The summed E-state index contributed by atoms with van der Waals surface area (Å²) >= 11 is 0. The molecule has 0 spiro atoms. The maximum Gasteiger partial charge on any atom is 0.150 e. The molecule has 0 fully saturated rings. The molecular weight excluding hydrogens is 200 g/mol. The zero-order chi connectivity index (χ0) is 10.7. The van der Waals surface area contributed by atoms with E-state index < -0.39 is 0 Å². The van der Waals surface area contributed by atoms with E-state index in [0.717, 1.165) is 22.1 Å². The topological polar surface area (TPSA) is 17.1 Å². The minimum Gasteiger partial charge on any atom is -0.298 e. The highest BCUT2D eigenvalue weighted by Gasteiger charge is 2.01. The van der Waals surface area contributed by atoms with Gasteiger partial charge in [-0.15, -0.1) is 0 Å². The van der Waals surface area contributed by atoms with Gasteiger partial charge in [0.1, 0.15) is 6.29 Å².